The Kier molecular flexibility index (Phi) is 29.0. The van der Waals surface area contributed by atoms with Gasteiger partial charge in [-0.05, 0) is 146 Å². The van der Waals surface area contributed by atoms with Gasteiger partial charge in [0, 0.05) is 16.6 Å². The standard InChI is InChI=1S/C20H13F3O2.C15H13FO2.C14H11FO2.C9H9BrO2.C6H6BFO2.C6H4F2O/c21-16-7-5-15(6-8-16)14-3-1-13(2-4-14)11-20(24)25-17-9-10-18(22)19(23)12-17;1-18-15(17)10-11-2-4-12(5-3-11)13-6-8-14(16)9-7-13;15-13-7-5-12(6-8-13)11-3-1-10(2-4-11)9-14(16)17;1-12-9(11)6-7-2-4-8(10)5-3-7;8-6-3-1-5(2-4-6)7(9)10;7-5-2-1-4(9)3-6(5)8/h1-10,12H,11H2;2-9H,10H2,1H3;1-8H,9H2,(H,16,17);2-5H,6H2,1H3;1-4,9-10H;1-3,9H. The number of rotatable bonds is 13. The van der Waals surface area contributed by atoms with Crippen molar-refractivity contribution in [1.29, 1.82) is 0 Å². The summed E-state index contributed by atoms with van der Waals surface area (Å²) in [6.07, 6.45) is 0.608. The molecular weight excluding hydrogens is 1260 g/mol. The minimum absolute atomic E-state index is 0.0112. The Hall–Kier alpha value is -10.2. The highest BCUT2D eigenvalue weighted by atomic mass is 79.9. The minimum Gasteiger partial charge on any atom is -0.508 e. The topological polar surface area (TPSA) is 177 Å². The van der Waals surface area contributed by atoms with Crippen molar-refractivity contribution < 1.29 is 88.8 Å². The fraction of sp³-hybridized carbons (Fsp3) is 0.0857. The molecule has 0 heterocycles. The van der Waals surface area contributed by atoms with E-state index in [2.05, 4.69) is 25.4 Å². The first-order valence-electron chi connectivity index (χ1n) is 27.0. The van der Waals surface area contributed by atoms with Crippen molar-refractivity contribution in [2.24, 2.45) is 0 Å². The van der Waals surface area contributed by atoms with Crippen LogP contribution in [0.15, 0.2) is 235 Å². The summed E-state index contributed by atoms with van der Waals surface area (Å²) in [5.74, 6) is -7.49. The van der Waals surface area contributed by atoms with Gasteiger partial charge in [0.15, 0.2) is 23.3 Å². The van der Waals surface area contributed by atoms with E-state index in [1.807, 2.05) is 72.8 Å². The number of carbonyl (C=O) groups is 4. The second kappa shape index (κ2) is 36.9. The molecule has 0 spiro atoms. The van der Waals surface area contributed by atoms with Crippen molar-refractivity contribution in [2.45, 2.75) is 25.7 Å². The first-order valence-corrected chi connectivity index (χ1v) is 27.8. The number of aromatic hydroxyl groups is 1. The molecule has 0 atom stereocenters. The molecule has 10 aromatic rings. The van der Waals surface area contributed by atoms with E-state index in [9.17, 15) is 54.3 Å². The van der Waals surface area contributed by atoms with Crippen molar-refractivity contribution in [1.82, 2.24) is 0 Å². The van der Waals surface area contributed by atoms with Crippen molar-refractivity contribution in [3.05, 3.63) is 304 Å². The normalized spacial score (nSPS) is 10.0. The molecule has 0 aromatic heterocycles. The number of hydrogen-bond acceptors (Lipinski definition) is 10. The van der Waals surface area contributed by atoms with Crippen LogP contribution in [0.2, 0.25) is 0 Å². The first-order chi connectivity index (χ1) is 43.5. The van der Waals surface area contributed by atoms with E-state index in [1.165, 1.54) is 80.9 Å². The number of hydrogen-bond donors (Lipinski definition) is 4. The third kappa shape index (κ3) is 26.2. The maximum atomic E-state index is 13.1. The summed E-state index contributed by atoms with van der Waals surface area (Å²) in [6, 6.07) is 58.7. The molecule has 11 nitrogen and oxygen atoms in total. The molecule has 4 N–H and O–H groups in total. The zero-order valence-corrected chi connectivity index (χ0v) is 50.0. The lowest BCUT2D eigenvalue weighted by molar-refractivity contribution is -0.140. The number of aliphatic carboxylic acids is 1. The molecule has 91 heavy (non-hydrogen) atoms. The van der Waals surface area contributed by atoms with Gasteiger partial charge in [0.25, 0.3) is 0 Å². The third-order valence-electron chi connectivity index (χ3n) is 12.4. The Balaban J connectivity index is 0.000000205. The Morgan fingerprint density at radius 1 is 0.374 bits per heavy atom. The first kappa shape index (κ1) is 71.5. The van der Waals surface area contributed by atoms with Crippen molar-refractivity contribution in [3.63, 3.8) is 0 Å². The quantitative estimate of drug-likeness (QED) is 0.0374. The van der Waals surface area contributed by atoms with E-state index in [0.717, 1.165) is 84.9 Å². The van der Waals surface area contributed by atoms with Gasteiger partial charge in [-0.1, -0.05) is 149 Å². The molecule has 0 bridgehead atoms. The molecule has 10 aromatic carbocycles. The Morgan fingerprint density at radius 2 is 0.670 bits per heavy atom. The van der Waals surface area contributed by atoms with E-state index >= 15 is 0 Å². The lowest BCUT2D eigenvalue weighted by atomic mass is 9.80. The number of esters is 3. The average Bonchev–Trinajstić information content (AvgIpc) is 3.66. The van der Waals surface area contributed by atoms with Gasteiger partial charge in [-0.25, -0.2) is 35.1 Å². The lowest BCUT2D eigenvalue weighted by Gasteiger charge is -2.06. The SMILES string of the molecule is COC(=O)Cc1ccc(-c2ccc(F)cc2)cc1.COC(=O)Cc1ccc(Br)cc1.O=C(Cc1ccc(-c2ccc(F)cc2)cc1)Oc1ccc(F)c(F)c1.O=C(O)Cc1ccc(-c2ccc(F)cc2)cc1.OB(O)c1ccc(F)cc1.Oc1ccc(F)c(F)c1. The second-order valence-corrected chi connectivity index (χ2v) is 20.0. The molecule has 0 aliphatic rings. The molecule has 0 saturated carbocycles. The fourth-order valence-electron chi connectivity index (χ4n) is 7.62. The van der Waals surface area contributed by atoms with E-state index in [0.29, 0.717) is 17.4 Å². The largest absolute Gasteiger partial charge is 0.508 e. The van der Waals surface area contributed by atoms with Gasteiger partial charge < -0.3 is 34.5 Å². The van der Waals surface area contributed by atoms with Crippen LogP contribution in [0.25, 0.3) is 33.4 Å². The second-order valence-electron chi connectivity index (χ2n) is 19.1. The number of benzene rings is 10. The Bertz CT molecular complexity index is 3900. The summed E-state index contributed by atoms with van der Waals surface area (Å²) in [7, 11) is 1.25. The number of carboxylic acids is 1. The van der Waals surface area contributed by atoms with Crippen LogP contribution in [0, 0.1) is 46.5 Å². The van der Waals surface area contributed by atoms with Crippen LogP contribution in [0.4, 0.5) is 35.1 Å². The zero-order valence-electron chi connectivity index (χ0n) is 48.4. The fourth-order valence-corrected chi connectivity index (χ4v) is 7.89. The average molecular weight is 1320 g/mol. The van der Waals surface area contributed by atoms with E-state index in [-0.39, 0.29) is 66.0 Å². The van der Waals surface area contributed by atoms with E-state index in [1.54, 1.807) is 60.7 Å². The number of ether oxygens (including phenoxy) is 3. The third-order valence-corrected chi connectivity index (χ3v) is 12.9. The molecule has 0 aliphatic carbocycles. The van der Waals surface area contributed by atoms with Crippen LogP contribution in [0.3, 0.4) is 0 Å². The summed E-state index contributed by atoms with van der Waals surface area (Å²) < 4.78 is 116. The predicted molar refractivity (Wildman–Crippen MR) is 332 cm³/mol. The Labute approximate surface area is 527 Å². The maximum Gasteiger partial charge on any atom is 0.488 e. The zero-order chi connectivity index (χ0) is 66.4. The van der Waals surface area contributed by atoms with Crippen LogP contribution in [0.5, 0.6) is 11.5 Å². The van der Waals surface area contributed by atoms with Gasteiger partial charge in [0.1, 0.15) is 34.8 Å². The molecule has 0 saturated heterocycles. The van der Waals surface area contributed by atoms with Gasteiger partial charge in [-0.15, -0.1) is 0 Å². The number of methoxy groups -OCH3 is 2. The van der Waals surface area contributed by atoms with Crippen LogP contribution < -0.4 is 10.2 Å². The van der Waals surface area contributed by atoms with Crippen LogP contribution in [-0.2, 0) is 54.3 Å². The monoisotopic (exact) mass is 1310 g/mol. The molecule has 0 amide bonds. The molecule has 0 fully saturated rings. The van der Waals surface area contributed by atoms with Gasteiger partial charge in [-0.2, -0.15) is 0 Å². The number of carbonyl (C=O) groups excluding carboxylic acids is 3. The summed E-state index contributed by atoms with van der Waals surface area (Å²) in [4.78, 5) is 44.4. The molecular formula is C70H56BBrF8O11. The van der Waals surface area contributed by atoms with Crippen LogP contribution in [-0.4, -0.2) is 65.5 Å². The maximum absolute atomic E-state index is 13.1. The minimum atomic E-state index is -1.51. The molecule has 10 rings (SSSR count). The predicted octanol–water partition coefficient (Wildman–Crippen LogP) is 14.6. The summed E-state index contributed by atoms with van der Waals surface area (Å²) in [6.45, 7) is 0. The summed E-state index contributed by atoms with van der Waals surface area (Å²) in [5, 5.41) is 34.3. The van der Waals surface area contributed by atoms with Gasteiger partial charge in [0.05, 0.1) is 39.9 Å². The highest BCUT2D eigenvalue weighted by molar-refractivity contribution is 9.10. The number of halogens is 9. The molecule has 21 heteroatoms. The van der Waals surface area contributed by atoms with Crippen molar-refractivity contribution >= 4 is 52.4 Å². The number of carboxylic acid groups (broad SMARTS) is 1. The van der Waals surface area contributed by atoms with E-state index in [4.69, 9.17) is 25.0 Å². The van der Waals surface area contributed by atoms with Crippen LogP contribution >= 0.6 is 15.9 Å². The molecule has 0 radical (unpaired) electrons. The highest BCUT2D eigenvalue weighted by Crippen LogP contribution is 2.24. The molecule has 468 valence electrons. The number of phenols is 1. The summed E-state index contributed by atoms with van der Waals surface area (Å²) >= 11 is 3.31. The van der Waals surface area contributed by atoms with Crippen molar-refractivity contribution in [3.8, 4) is 44.9 Å². The lowest BCUT2D eigenvalue weighted by Crippen LogP contribution is -2.29. The number of phenolic OH excluding ortho intramolecular Hbond substituents is 1. The van der Waals surface area contributed by atoms with Crippen molar-refractivity contribution in [2.75, 3.05) is 14.2 Å². The van der Waals surface area contributed by atoms with E-state index < -0.39 is 42.3 Å². The van der Waals surface area contributed by atoms with Crippen LogP contribution in [0.1, 0.15) is 22.3 Å². The van der Waals surface area contributed by atoms with Gasteiger partial charge >= 0.3 is 31.0 Å². The smallest absolute Gasteiger partial charge is 0.488 e. The molecule has 0 aliphatic heterocycles. The Morgan fingerprint density at radius 3 is 0.978 bits per heavy atom. The van der Waals surface area contributed by atoms with Gasteiger partial charge in [-0.3, -0.25) is 19.2 Å². The summed E-state index contributed by atoms with van der Waals surface area (Å²) in [5.41, 5.74) is 9.15. The highest BCUT2D eigenvalue weighted by Gasteiger charge is 2.12. The van der Waals surface area contributed by atoms with Gasteiger partial charge in [0.2, 0.25) is 0 Å². The molecule has 0 unspecified atom stereocenters.